The van der Waals surface area contributed by atoms with Gasteiger partial charge < -0.3 is 5.32 Å². The summed E-state index contributed by atoms with van der Waals surface area (Å²) in [4.78, 5) is 11.0. The van der Waals surface area contributed by atoms with E-state index in [-0.39, 0.29) is 5.91 Å². The van der Waals surface area contributed by atoms with Crippen LogP contribution in [0, 0.1) is 0 Å². The molecule has 0 aliphatic rings. The Morgan fingerprint density at radius 2 is 2.18 bits per heavy atom. The molecule has 0 aromatic rings. The highest BCUT2D eigenvalue weighted by Gasteiger charge is 1.97. The van der Waals surface area contributed by atoms with Crippen molar-refractivity contribution in [2.24, 2.45) is 0 Å². The van der Waals surface area contributed by atoms with Gasteiger partial charge >= 0.3 is 0 Å². The minimum absolute atomic E-state index is 0.0304. The van der Waals surface area contributed by atoms with E-state index in [0.717, 1.165) is 12.0 Å². The fraction of sp³-hybridized carbons (Fsp3) is 0.444. The predicted molar refractivity (Wildman–Crippen MR) is 47.0 cm³/mol. The third kappa shape index (κ3) is 4.37. The highest BCUT2D eigenvalue weighted by Crippen LogP contribution is 1.90. The van der Waals surface area contributed by atoms with Crippen LogP contribution in [0.25, 0.3) is 0 Å². The second-order valence-corrected chi connectivity index (χ2v) is 2.26. The summed E-state index contributed by atoms with van der Waals surface area (Å²) in [5, 5.41) is 2.65. The smallest absolute Gasteiger partial charge is 0.250 e. The van der Waals surface area contributed by atoms with Gasteiger partial charge in [-0.2, -0.15) is 0 Å². The van der Waals surface area contributed by atoms with Gasteiger partial charge in [0, 0.05) is 11.8 Å². The third-order valence-corrected chi connectivity index (χ3v) is 1.36. The molecule has 2 nitrogen and oxygen atoms in total. The quantitative estimate of drug-likeness (QED) is 0.617. The first-order chi connectivity index (χ1) is 5.22. The average molecular weight is 153 g/mol. The van der Waals surface area contributed by atoms with E-state index in [4.69, 9.17) is 0 Å². The summed E-state index contributed by atoms with van der Waals surface area (Å²) in [7, 11) is 0. The lowest BCUT2D eigenvalue weighted by atomic mass is 10.3. The van der Waals surface area contributed by atoms with Crippen LogP contribution in [0.1, 0.15) is 27.2 Å². The molecular formula is C9H15NO. The zero-order chi connectivity index (χ0) is 8.69. The van der Waals surface area contributed by atoms with Crippen LogP contribution in [-0.4, -0.2) is 5.91 Å². The van der Waals surface area contributed by atoms with Crippen molar-refractivity contribution in [2.45, 2.75) is 27.2 Å². The number of hydrogen-bond donors (Lipinski definition) is 1. The molecule has 0 radical (unpaired) electrons. The lowest BCUT2D eigenvalue weighted by molar-refractivity contribution is -0.116. The number of allylic oxidation sites excluding steroid dienone is 2. The van der Waals surface area contributed by atoms with Gasteiger partial charge in [0.15, 0.2) is 0 Å². The van der Waals surface area contributed by atoms with E-state index < -0.39 is 0 Å². The Hall–Kier alpha value is -1.05. The predicted octanol–water partition coefficient (Wildman–Crippen LogP) is 1.99. The van der Waals surface area contributed by atoms with Gasteiger partial charge in [-0.25, -0.2) is 0 Å². The van der Waals surface area contributed by atoms with Gasteiger partial charge in [-0.05, 0) is 20.3 Å². The van der Waals surface area contributed by atoms with E-state index in [0.29, 0.717) is 0 Å². The maximum absolute atomic E-state index is 11.0. The number of hydrogen-bond acceptors (Lipinski definition) is 1. The minimum atomic E-state index is -0.0304. The summed E-state index contributed by atoms with van der Waals surface area (Å²) >= 11 is 0. The average Bonchev–Trinajstić information content (AvgIpc) is 2.03. The molecule has 0 aliphatic carbocycles. The SMILES string of the molecule is C/C=C(\C)C(=O)N/C=C/CC. The molecule has 1 amide bonds. The fourth-order valence-corrected chi connectivity index (χ4v) is 0.497. The molecular weight excluding hydrogens is 138 g/mol. The molecule has 0 fully saturated rings. The number of amides is 1. The summed E-state index contributed by atoms with van der Waals surface area (Å²) in [5.41, 5.74) is 0.741. The van der Waals surface area contributed by atoms with Crippen molar-refractivity contribution in [3.63, 3.8) is 0 Å². The van der Waals surface area contributed by atoms with Crippen LogP contribution in [0.15, 0.2) is 23.9 Å². The monoisotopic (exact) mass is 153 g/mol. The lowest BCUT2D eigenvalue weighted by Gasteiger charge is -1.97. The highest BCUT2D eigenvalue weighted by molar-refractivity contribution is 5.93. The molecule has 0 saturated heterocycles. The van der Waals surface area contributed by atoms with Gasteiger partial charge in [-0.15, -0.1) is 0 Å². The fourth-order valence-electron chi connectivity index (χ4n) is 0.497. The second kappa shape index (κ2) is 5.71. The zero-order valence-corrected chi connectivity index (χ0v) is 7.35. The first-order valence-electron chi connectivity index (χ1n) is 3.81. The van der Waals surface area contributed by atoms with Gasteiger partial charge in [0.05, 0.1) is 0 Å². The van der Waals surface area contributed by atoms with Crippen LogP contribution < -0.4 is 5.32 Å². The molecule has 0 atom stereocenters. The van der Waals surface area contributed by atoms with Crippen LogP contribution in [0.2, 0.25) is 0 Å². The summed E-state index contributed by atoms with van der Waals surface area (Å²) < 4.78 is 0. The maximum atomic E-state index is 11.0. The molecule has 0 heterocycles. The molecule has 0 saturated carbocycles. The highest BCUT2D eigenvalue weighted by atomic mass is 16.1. The standard InChI is InChI=1S/C9H15NO/c1-4-6-7-10-9(11)8(3)5-2/h5-7H,4H2,1-3H3,(H,10,11)/b7-6+,8-5+. The Kier molecular flexibility index (Phi) is 5.17. The van der Waals surface area contributed by atoms with Crippen molar-refractivity contribution in [3.8, 4) is 0 Å². The molecule has 0 aromatic heterocycles. The molecule has 11 heavy (non-hydrogen) atoms. The Morgan fingerprint density at radius 3 is 2.64 bits per heavy atom. The molecule has 0 aromatic carbocycles. The molecule has 1 N–H and O–H groups in total. The van der Waals surface area contributed by atoms with Gasteiger partial charge in [-0.1, -0.05) is 19.1 Å². The minimum Gasteiger partial charge on any atom is -0.329 e. The summed E-state index contributed by atoms with van der Waals surface area (Å²) in [6, 6.07) is 0. The number of rotatable bonds is 3. The molecule has 2 heteroatoms. The van der Waals surface area contributed by atoms with Crippen molar-refractivity contribution >= 4 is 5.91 Å². The van der Waals surface area contributed by atoms with E-state index >= 15 is 0 Å². The van der Waals surface area contributed by atoms with E-state index in [9.17, 15) is 4.79 Å². The largest absolute Gasteiger partial charge is 0.329 e. The van der Waals surface area contributed by atoms with Gasteiger partial charge in [0.2, 0.25) is 5.91 Å². The topological polar surface area (TPSA) is 29.1 Å². The zero-order valence-electron chi connectivity index (χ0n) is 7.35. The summed E-state index contributed by atoms with van der Waals surface area (Å²) in [6.45, 7) is 5.65. The second-order valence-electron chi connectivity index (χ2n) is 2.26. The molecule has 0 unspecified atom stereocenters. The first-order valence-corrected chi connectivity index (χ1v) is 3.81. The Morgan fingerprint density at radius 1 is 1.55 bits per heavy atom. The number of carbonyl (C=O) groups is 1. The van der Waals surface area contributed by atoms with Crippen molar-refractivity contribution in [1.29, 1.82) is 0 Å². The van der Waals surface area contributed by atoms with Crippen LogP contribution in [0.5, 0.6) is 0 Å². The van der Waals surface area contributed by atoms with Crippen LogP contribution in [-0.2, 0) is 4.79 Å². The van der Waals surface area contributed by atoms with Gasteiger partial charge in [0.1, 0.15) is 0 Å². The van der Waals surface area contributed by atoms with Crippen molar-refractivity contribution in [1.82, 2.24) is 5.32 Å². The maximum Gasteiger partial charge on any atom is 0.250 e. The van der Waals surface area contributed by atoms with E-state index in [1.54, 1.807) is 19.2 Å². The van der Waals surface area contributed by atoms with Crippen LogP contribution in [0.4, 0.5) is 0 Å². The number of carbonyl (C=O) groups excluding carboxylic acids is 1. The van der Waals surface area contributed by atoms with Gasteiger partial charge in [0.25, 0.3) is 0 Å². The molecule has 62 valence electrons. The number of nitrogens with one attached hydrogen (secondary N) is 1. The van der Waals surface area contributed by atoms with Crippen LogP contribution in [0.3, 0.4) is 0 Å². The molecule has 0 spiro atoms. The third-order valence-electron chi connectivity index (χ3n) is 1.36. The summed E-state index contributed by atoms with van der Waals surface area (Å²) in [5.74, 6) is -0.0304. The van der Waals surface area contributed by atoms with E-state index in [1.807, 2.05) is 19.9 Å². The summed E-state index contributed by atoms with van der Waals surface area (Å²) in [6.07, 6.45) is 6.31. The molecule has 0 rings (SSSR count). The lowest BCUT2D eigenvalue weighted by Crippen LogP contribution is -2.17. The van der Waals surface area contributed by atoms with E-state index in [1.165, 1.54) is 0 Å². The Balaban J connectivity index is 3.79. The van der Waals surface area contributed by atoms with Crippen molar-refractivity contribution < 1.29 is 4.79 Å². The van der Waals surface area contributed by atoms with Crippen molar-refractivity contribution in [3.05, 3.63) is 23.9 Å². The van der Waals surface area contributed by atoms with E-state index in [2.05, 4.69) is 5.32 Å². The molecule has 0 aliphatic heterocycles. The Labute approximate surface area is 68.0 Å². The first kappa shape index (κ1) is 9.95. The van der Waals surface area contributed by atoms with Crippen LogP contribution >= 0.6 is 0 Å². The van der Waals surface area contributed by atoms with Crippen molar-refractivity contribution in [2.75, 3.05) is 0 Å². The van der Waals surface area contributed by atoms with Gasteiger partial charge in [-0.3, -0.25) is 4.79 Å². The Bertz CT molecular complexity index is 180. The normalized spacial score (nSPS) is 12.1. The molecule has 0 bridgehead atoms.